The van der Waals surface area contributed by atoms with Crippen LogP contribution in [0.1, 0.15) is 41.4 Å². The van der Waals surface area contributed by atoms with E-state index >= 15 is 0 Å². The third kappa shape index (κ3) is 5.40. The molecule has 2 atom stereocenters. The van der Waals surface area contributed by atoms with Crippen molar-refractivity contribution in [2.45, 2.75) is 24.7 Å². The lowest BCUT2D eigenvalue weighted by Crippen LogP contribution is -2.23. The minimum absolute atomic E-state index is 0.130. The number of carboxylic acids is 1. The number of ether oxygens (including phenoxy) is 1. The van der Waals surface area contributed by atoms with Crippen molar-refractivity contribution in [2.24, 2.45) is 5.73 Å². The predicted octanol–water partition coefficient (Wildman–Crippen LogP) is 7.16. The molecular formula is C29H24Br2N2O3. The SMILES string of the molecule is COc1ccc(C2=C([C@H](CC(=O)O)c3cccc(Br)c3)[C@@H](c3cccc(Br)c3)CC(N)=C2C#N)cc1. The van der Waals surface area contributed by atoms with Crippen molar-refractivity contribution in [3.05, 3.63) is 115 Å². The van der Waals surface area contributed by atoms with Crippen molar-refractivity contribution in [3.8, 4) is 11.8 Å². The van der Waals surface area contributed by atoms with Gasteiger partial charge in [0.2, 0.25) is 0 Å². The molecule has 0 bridgehead atoms. The number of nitriles is 1. The highest BCUT2D eigenvalue weighted by atomic mass is 79.9. The Hall–Kier alpha value is -3.34. The van der Waals surface area contributed by atoms with E-state index < -0.39 is 11.9 Å². The summed E-state index contributed by atoms with van der Waals surface area (Å²) in [7, 11) is 1.60. The van der Waals surface area contributed by atoms with E-state index in [9.17, 15) is 15.2 Å². The Kier molecular flexibility index (Phi) is 7.97. The highest BCUT2D eigenvalue weighted by molar-refractivity contribution is 9.10. The van der Waals surface area contributed by atoms with Crippen molar-refractivity contribution in [2.75, 3.05) is 7.11 Å². The molecule has 36 heavy (non-hydrogen) atoms. The molecule has 0 heterocycles. The van der Waals surface area contributed by atoms with Crippen LogP contribution in [-0.4, -0.2) is 18.2 Å². The molecule has 0 aromatic heterocycles. The maximum absolute atomic E-state index is 12.2. The molecule has 1 aliphatic rings. The zero-order valence-electron chi connectivity index (χ0n) is 19.5. The van der Waals surface area contributed by atoms with Gasteiger partial charge in [-0.15, -0.1) is 0 Å². The van der Waals surface area contributed by atoms with Gasteiger partial charge in [-0.05, 0) is 65.1 Å². The molecule has 182 valence electrons. The van der Waals surface area contributed by atoms with Crippen LogP contribution < -0.4 is 10.5 Å². The number of methoxy groups -OCH3 is 1. The molecular weight excluding hydrogens is 584 g/mol. The fraction of sp³-hybridized carbons (Fsp3) is 0.172. The number of aliphatic carboxylic acids is 1. The molecule has 3 aromatic rings. The molecule has 3 N–H and O–H groups in total. The maximum atomic E-state index is 12.2. The standard InChI is InChI=1S/C29H24Br2N2O3/c1-36-22-10-8-17(9-11-22)28-25(16-32)26(33)14-23(18-4-2-6-20(30)12-18)29(28)24(15-27(34)35)19-5-3-7-21(31)13-19/h2-13,23-24H,14-15,33H2,1H3,(H,34,35)/t23-,24-/m1/s1. The van der Waals surface area contributed by atoms with Gasteiger partial charge in [-0.25, -0.2) is 0 Å². The fourth-order valence-corrected chi connectivity index (χ4v) is 5.68. The van der Waals surface area contributed by atoms with Crippen LogP contribution in [0.15, 0.2) is 98.6 Å². The van der Waals surface area contributed by atoms with E-state index in [1.807, 2.05) is 72.8 Å². The van der Waals surface area contributed by atoms with Crippen LogP contribution in [0.5, 0.6) is 5.75 Å². The lowest BCUT2D eigenvalue weighted by atomic mass is 9.69. The first-order valence-corrected chi connectivity index (χ1v) is 12.9. The summed E-state index contributed by atoms with van der Waals surface area (Å²) < 4.78 is 7.11. The number of rotatable bonds is 7. The quantitative estimate of drug-likeness (QED) is 0.297. The van der Waals surface area contributed by atoms with E-state index in [-0.39, 0.29) is 12.3 Å². The summed E-state index contributed by atoms with van der Waals surface area (Å²) in [6.45, 7) is 0. The maximum Gasteiger partial charge on any atom is 0.304 e. The number of benzene rings is 3. The van der Waals surface area contributed by atoms with Crippen LogP contribution >= 0.6 is 31.9 Å². The van der Waals surface area contributed by atoms with Gasteiger partial charge in [0.25, 0.3) is 0 Å². The Labute approximate surface area is 227 Å². The average Bonchev–Trinajstić information content (AvgIpc) is 2.87. The zero-order chi connectivity index (χ0) is 25.8. The molecule has 0 unspecified atom stereocenters. The third-order valence-electron chi connectivity index (χ3n) is 6.41. The van der Waals surface area contributed by atoms with E-state index in [1.54, 1.807) is 7.11 Å². The first-order valence-electron chi connectivity index (χ1n) is 11.3. The average molecular weight is 608 g/mol. The molecule has 0 aliphatic heterocycles. The summed E-state index contributed by atoms with van der Waals surface area (Å²) in [6.07, 6.45) is 0.285. The Morgan fingerprint density at radius 2 is 1.78 bits per heavy atom. The number of allylic oxidation sites excluding steroid dienone is 4. The van der Waals surface area contributed by atoms with Crippen LogP contribution in [0.3, 0.4) is 0 Å². The molecule has 0 fully saturated rings. The molecule has 1 aliphatic carbocycles. The number of nitrogens with two attached hydrogens (primary N) is 1. The van der Waals surface area contributed by atoms with Gasteiger partial charge >= 0.3 is 5.97 Å². The Balaban J connectivity index is 2.08. The smallest absolute Gasteiger partial charge is 0.304 e. The van der Waals surface area contributed by atoms with Gasteiger partial charge in [0.15, 0.2) is 0 Å². The van der Waals surface area contributed by atoms with Crippen LogP contribution in [0, 0.1) is 11.3 Å². The van der Waals surface area contributed by atoms with Gasteiger partial charge in [-0.2, -0.15) is 5.26 Å². The first-order chi connectivity index (χ1) is 17.3. The van der Waals surface area contributed by atoms with E-state index in [0.29, 0.717) is 29.0 Å². The number of halogens is 2. The summed E-state index contributed by atoms with van der Waals surface area (Å²) in [5.41, 5.74) is 11.6. The number of nitrogens with zero attached hydrogens (tertiary/aromatic N) is 1. The van der Waals surface area contributed by atoms with E-state index in [1.165, 1.54) is 0 Å². The summed E-state index contributed by atoms with van der Waals surface area (Å²) >= 11 is 7.11. The number of carbonyl (C=O) groups is 1. The molecule has 7 heteroatoms. The van der Waals surface area contributed by atoms with Crippen molar-refractivity contribution in [1.29, 1.82) is 5.26 Å². The van der Waals surface area contributed by atoms with Gasteiger partial charge in [0.05, 0.1) is 19.1 Å². The lowest BCUT2D eigenvalue weighted by Gasteiger charge is -2.35. The Bertz CT molecular complexity index is 1400. The highest BCUT2D eigenvalue weighted by Gasteiger charge is 2.36. The van der Waals surface area contributed by atoms with E-state index in [0.717, 1.165) is 31.2 Å². The molecule has 0 saturated heterocycles. The fourth-order valence-electron chi connectivity index (χ4n) is 4.85. The number of hydrogen-bond acceptors (Lipinski definition) is 4. The van der Waals surface area contributed by atoms with Crippen LogP contribution in [0.4, 0.5) is 0 Å². The van der Waals surface area contributed by atoms with E-state index in [4.69, 9.17) is 10.5 Å². The van der Waals surface area contributed by atoms with Gasteiger partial charge < -0.3 is 15.6 Å². The lowest BCUT2D eigenvalue weighted by molar-refractivity contribution is -0.137. The summed E-state index contributed by atoms with van der Waals surface area (Å²) in [5, 5.41) is 20.2. The van der Waals surface area contributed by atoms with Gasteiger partial charge in [-0.1, -0.05) is 68.3 Å². The van der Waals surface area contributed by atoms with Gasteiger partial charge in [-0.3, -0.25) is 4.79 Å². The highest BCUT2D eigenvalue weighted by Crippen LogP contribution is 2.50. The van der Waals surface area contributed by atoms with Gasteiger partial charge in [0.1, 0.15) is 11.8 Å². The molecule has 0 spiro atoms. The van der Waals surface area contributed by atoms with E-state index in [2.05, 4.69) is 37.9 Å². The molecule has 3 aromatic carbocycles. The van der Waals surface area contributed by atoms with Crippen LogP contribution in [0.2, 0.25) is 0 Å². The molecule has 0 saturated carbocycles. The van der Waals surface area contributed by atoms with Crippen LogP contribution in [-0.2, 0) is 4.79 Å². The van der Waals surface area contributed by atoms with Crippen molar-refractivity contribution < 1.29 is 14.6 Å². The number of carboxylic acid groups (broad SMARTS) is 1. The zero-order valence-corrected chi connectivity index (χ0v) is 22.7. The molecule has 0 radical (unpaired) electrons. The molecule has 5 nitrogen and oxygen atoms in total. The minimum Gasteiger partial charge on any atom is -0.497 e. The predicted molar refractivity (Wildman–Crippen MR) is 147 cm³/mol. The van der Waals surface area contributed by atoms with Crippen molar-refractivity contribution >= 4 is 43.4 Å². The second-order valence-corrected chi connectivity index (χ2v) is 10.4. The molecule has 0 amide bonds. The number of hydrogen-bond donors (Lipinski definition) is 2. The monoisotopic (exact) mass is 606 g/mol. The van der Waals surface area contributed by atoms with Crippen molar-refractivity contribution in [3.63, 3.8) is 0 Å². The summed E-state index contributed by atoms with van der Waals surface area (Å²) in [5.74, 6) is -0.946. The molecule has 4 rings (SSSR count). The second-order valence-electron chi connectivity index (χ2n) is 8.59. The summed E-state index contributed by atoms with van der Waals surface area (Å²) in [4.78, 5) is 12.2. The second kappa shape index (κ2) is 11.2. The first kappa shape index (κ1) is 25.7. The normalized spacial score (nSPS) is 16.4. The topological polar surface area (TPSA) is 96.3 Å². The minimum atomic E-state index is -0.921. The third-order valence-corrected chi connectivity index (χ3v) is 7.39. The van der Waals surface area contributed by atoms with Gasteiger partial charge in [0, 0.05) is 32.1 Å². The Morgan fingerprint density at radius 3 is 2.36 bits per heavy atom. The Morgan fingerprint density at radius 1 is 1.11 bits per heavy atom. The summed E-state index contributed by atoms with van der Waals surface area (Å²) in [6, 6.07) is 25.4. The van der Waals surface area contributed by atoms with Crippen molar-refractivity contribution in [1.82, 2.24) is 0 Å². The largest absolute Gasteiger partial charge is 0.497 e. The van der Waals surface area contributed by atoms with Crippen LogP contribution in [0.25, 0.3) is 5.57 Å².